The highest BCUT2D eigenvalue weighted by atomic mass is 31.2. The molecule has 2 rings (SSSR count). The number of nitrogens with one attached hydrogen (secondary N) is 1. The SMILES string of the molecule is C=CCNC(/C(C)=N/O)P(=O)(c1ccccc1)c1ccccc1. The van der Waals surface area contributed by atoms with Gasteiger partial charge in [-0.25, -0.2) is 0 Å². The third-order valence-electron chi connectivity index (χ3n) is 3.65. The van der Waals surface area contributed by atoms with Crippen molar-refractivity contribution in [2.45, 2.75) is 12.7 Å². The number of nitrogens with zero attached hydrogens (tertiary/aromatic N) is 1. The zero-order chi connectivity index (χ0) is 16.7. The Labute approximate surface area is 136 Å². The molecule has 0 aliphatic carbocycles. The number of rotatable bonds is 7. The van der Waals surface area contributed by atoms with E-state index < -0.39 is 12.9 Å². The second-order valence-electron chi connectivity index (χ2n) is 5.17. The van der Waals surface area contributed by atoms with E-state index in [0.29, 0.717) is 12.3 Å². The molecular weight excluding hydrogens is 307 g/mol. The first-order valence-electron chi connectivity index (χ1n) is 7.38. The van der Waals surface area contributed by atoms with Gasteiger partial charge in [0.15, 0.2) is 7.14 Å². The first-order chi connectivity index (χ1) is 11.1. The fourth-order valence-electron chi connectivity index (χ4n) is 2.54. The van der Waals surface area contributed by atoms with Gasteiger partial charge in [-0.15, -0.1) is 6.58 Å². The van der Waals surface area contributed by atoms with Crippen LogP contribution in [0.4, 0.5) is 0 Å². The highest BCUT2D eigenvalue weighted by Crippen LogP contribution is 2.47. The molecule has 1 atom stereocenters. The largest absolute Gasteiger partial charge is 0.411 e. The van der Waals surface area contributed by atoms with Gasteiger partial charge in [-0.05, 0) is 6.92 Å². The Morgan fingerprint density at radius 2 is 1.65 bits per heavy atom. The third kappa shape index (κ3) is 3.61. The molecule has 0 spiro atoms. The minimum atomic E-state index is -3.09. The number of benzene rings is 2. The first-order valence-corrected chi connectivity index (χ1v) is 9.16. The minimum Gasteiger partial charge on any atom is -0.411 e. The van der Waals surface area contributed by atoms with Crippen LogP contribution in [0.5, 0.6) is 0 Å². The maximum atomic E-state index is 14.1. The molecule has 0 bridgehead atoms. The van der Waals surface area contributed by atoms with E-state index in [1.54, 1.807) is 13.0 Å². The van der Waals surface area contributed by atoms with E-state index in [1.807, 2.05) is 60.7 Å². The highest BCUT2D eigenvalue weighted by Gasteiger charge is 2.38. The van der Waals surface area contributed by atoms with Crippen LogP contribution < -0.4 is 15.9 Å². The Balaban J connectivity index is 2.65. The number of hydrogen-bond donors (Lipinski definition) is 2. The van der Waals surface area contributed by atoms with Crippen LogP contribution in [0.25, 0.3) is 0 Å². The molecule has 0 heterocycles. The molecule has 120 valence electrons. The van der Waals surface area contributed by atoms with E-state index in [9.17, 15) is 9.77 Å². The molecule has 0 saturated carbocycles. The summed E-state index contributed by atoms with van der Waals surface area (Å²) in [4.78, 5) is 0. The van der Waals surface area contributed by atoms with E-state index in [2.05, 4.69) is 17.1 Å². The summed E-state index contributed by atoms with van der Waals surface area (Å²) < 4.78 is 14.1. The van der Waals surface area contributed by atoms with Crippen LogP contribution in [0, 0.1) is 0 Å². The van der Waals surface area contributed by atoms with Crippen molar-refractivity contribution in [1.29, 1.82) is 0 Å². The number of oxime groups is 1. The minimum absolute atomic E-state index is 0.378. The van der Waals surface area contributed by atoms with Gasteiger partial charge in [0.2, 0.25) is 0 Å². The van der Waals surface area contributed by atoms with Gasteiger partial charge in [-0.2, -0.15) is 0 Å². The molecular formula is C18H21N2O2P. The van der Waals surface area contributed by atoms with E-state index in [-0.39, 0.29) is 0 Å². The van der Waals surface area contributed by atoms with Crippen molar-refractivity contribution in [3.8, 4) is 0 Å². The summed E-state index contributed by atoms with van der Waals surface area (Å²) in [5, 5.41) is 17.2. The summed E-state index contributed by atoms with van der Waals surface area (Å²) in [7, 11) is -3.09. The molecule has 0 amide bonds. The van der Waals surface area contributed by atoms with Crippen molar-refractivity contribution in [3.63, 3.8) is 0 Å². The monoisotopic (exact) mass is 328 g/mol. The zero-order valence-electron chi connectivity index (χ0n) is 13.1. The van der Waals surface area contributed by atoms with Crippen LogP contribution in [0.1, 0.15) is 6.92 Å². The van der Waals surface area contributed by atoms with Crippen LogP contribution in [0.15, 0.2) is 78.5 Å². The Morgan fingerprint density at radius 1 is 1.17 bits per heavy atom. The average Bonchev–Trinajstić information content (AvgIpc) is 2.62. The molecule has 0 aliphatic heterocycles. The van der Waals surface area contributed by atoms with Gasteiger partial charge < -0.3 is 9.77 Å². The summed E-state index contributed by atoms with van der Waals surface area (Å²) in [5.74, 6) is -0.602. The summed E-state index contributed by atoms with van der Waals surface area (Å²) >= 11 is 0. The lowest BCUT2D eigenvalue weighted by Gasteiger charge is -2.28. The highest BCUT2D eigenvalue weighted by molar-refractivity contribution is 7.80. The quantitative estimate of drug-likeness (QED) is 0.270. The maximum absolute atomic E-state index is 14.1. The van der Waals surface area contributed by atoms with Gasteiger partial charge in [0.1, 0.15) is 5.78 Å². The van der Waals surface area contributed by atoms with E-state index >= 15 is 0 Å². The van der Waals surface area contributed by atoms with Crippen LogP contribution in [0.3, 0.4) is 0 Å². The van der Waals surface area contributed by atoms with Gasteiger partial charge in [-0.1, -0.05) is 71.9 Å². The molecule has 1 unspecified atom stereocenters. The molecule has 0 aromatic heterocycles. The van der Waals surface area contributed by atoms with Crippen molar-refractivity contribution >= 4 is 23.5 Å². The second kappa shape index (κ2) is 7.91. The normalized spacial score (nSPS) is 13.5. The fourth-order valence-corrected chi connectivity index (χ4v) is 5.60. The molecule has 2 aromatic carbocycles. The van der Waals surface area contributed by atoms with Crippen molar-refractivity contribution in [3.05, 3.63) is 73.3 Å². The topological polar surface area (TPSA) is 61.7 Å². The van der Waals surface area contributed by atoms with E-state index in [4.69, 9.17) is 0 Å². The van der Waals surface area contributed by atoms with Gasteiger partial charge in [0, 0.05) is 17.2 Å². The molecule has 0 aliphatic rings. The predicted octanol–water partition coefficient (Wildman–Crippen LogP) is 2.95. The Bertz CT molecular complexity index is 671. The summed E-state index contributed by atoms with van der Waals surface area (Å²) in [5.41, 5.74) is 0.378. The molecule has 23 heavy (non-hydrogen) atoms. The molecule has 0 radical (unpaired) electrons. The van der Waals surface area contributed by atoms with Gasteiger partial charge in [-0.3, -0.25) is 5.32 Å². The fraction of sp³-hybridized carbons (Fsp3) is 0.167. The first kappa shape index (κ1) is 17.2. The number of hydrogen-bond acceptors (Lipinski definition) is 4. The van der Waals surface area contributed by atoms with Crippen LogP contribution in [0.2, 0.25) is 0 Å². The summed E-state index contributed by atoms with van der Waals surface area (Å²) in [6, 6.07) is 18.6. The van der Waals surface area contributed by atoms with Crippen molar-refractivity contribution in [2.24, 2.45) is 5.16 Å². The standard InChI is InChI=1S/C18H21N2O2P/c1-3-14-19-18(15(2)20-21)23(22,16-10-6-4-7-11-16)17-12-8-5-9-13-17/h3-13,18-19,21H,1,14H2,2H3/b20-15+. The lowest BCUT2D eigenvalue weighted by atomic mass is 10.4. The van der Waals surface area contributed by atoms with Gasteiger partial charge in [0.25, 0.3) is 0 Å². The third-order valence-corrected chi connectivity index (χ3v) is 7.07. The van der Waals surface area contributed by atoms with Crippen molar-refractivity contribution < 1.29 is 9.77 Å². The van der Waals surface area contributed by atoms with Crippen molar-refractivity contribution in [1.82, 2.24) is 5.32 Å². The Morgan fingerprint density at radius 3 is 2.04 bits per heavy atom. The van der Waals surface area contributed by atoms with Crippen LogP contribution in [-0.4, -0.2) is 23.2 Å². The predicted molar refractivity (Wildman–Crippen MR) is 96.6 cm³/mol. The second-order valence-corrected chi connectivity index (χ2v) is 8.04. The lowest BCUT2D eigenvalue weighted by Crippen LogP contribution is -2.41. The van der Waals surface area contributed by atoms with Crippen LogP contribution in [-0.2, 0) is 4.57 Å². The molecule has 0 saturated heterocycles. The summed E-state index contributed by atoms with van der Waals surface area (Å²) in [6.45, 7) is 5.82. The molecule has 0 fully saturated rings. The lowest BCUT2D eigenvalue weighted by molar-refractivity contribution is 0.317. The Kier molecular flexibility index (Phi) is 5.91. The van der Waals surface area contributed by atoms with Crippen molar-refractivity contribution in [2.75, 3.05) is 6.54 Å². The van der Waals surface area contributed by atoms with E-state index in [1.165, 1.54) is 0 Å². The molecule has 2 N–H and O–H groups in total. The van der Waals surface area contributed by atoms with Crippen LogP contribution >= 0.6 is 7.14 Å². The van der Waals surface area contributed by atoms with Gasteiger partial charge >= 0.3 is 0 Å². The Hall–Kier alpha value is -2.16. The maximum Gasteiger partial charge on any atom is 0.164 e. The average molecular weight is 328 g/mol. The molecule has 4 nitrogen and oxygen atoms in total. The summed E-state index contributed by atoms with van der Waals surface area (Å²) in [6.07, 6.45) is 1.69. The smallest absolute Gasteiger partial charge is 0.164 e. The van der Waals surface area contributed by atoms with Gasteiger partial charge in [0.05, 0.1) is 5.71 Å². The van der Waals surface area contributed by atoms with E-state index in [0.717, 1.165) is 10.6 Å². The zero-order valence-corrected chi connectivity index (χ0v) is 14.0. The molecule has 2 aromatic rings. The molecule has 5 heteroatoms.